The van der Waals surface area contributed by atoms with Crippen molar-refractivity contribution >= 4 is 40.9 Å². The van der Waals surface area contributed by atoms with Gasteiger partial charge in [-0.3, -0.25) is 9.78 Å². The summed E-state index contributed by atoms with van der Waals surface area (Å²) in [7, 11) is 0. The highest BCUT2D eigenvalue weighted by Crippen LogP contribution is 2.37. The average molecular weight is 385 g/mol. The number of nitrogens with zero attached hydrogens (tertiary/aromatic N) is 1. The Balaban J connectivity index is 1.77. The van der Waals surface area contributed by atoms with Crippen molar-refractivity contribution in [1.29, 1.82) is 0 Å². The molecule has 0 aliphatic heterocycles. The van der Waals surface area contributed by atoms with Crippen molar-refractivity contribution in [2.24, 2.45) is 0 Å². The number of benzene rings is 1. The van der Waals surface area contributed by atoms with Crippen LogP contribution in [-0.2, 0) is 11.2 Å². The van der Waals surface area contributed by atoms with Gasteiger partial charge in [0.15, 0.2) is 5.75 Å². The van der Waals surface area contributed by atoms with Crippen molar-refractivity contribution < 1.29 is 9.90 Å². The minimum absolute atomic E-state index is 0.0000262. The molecular formula is C17H18Cl2N2O2S. The first-order chi connectivity index (χ1) is 11.5. The highest BCUT2D eigenvalue weighted by Gasteiger charge is 2.13. The molecule has 2 aromatic rings. The average Bonchev–Trinajstić information content (AvgIpc) is 2.53. The van der Waals surface area contributed by atoms with Gasteiger partial charge in [-0.1, -0.05) is 30.1 Å². The molecule has 0 bridgehead atoms. The molecule has 0 saturated heterocycles. The van der Waals surface area contributed by atoms with Gasteiger partial charge in [-0.2, -0.15) is 0 Å². The van der Waals surface area contributed by atoms with E-state index in [0.717, 1.165) is 16.9 Å². The van der Waals surface area contributed by atoms with E-state index < -0.39 is 0 Å². The number of hydrogen-bond donors (Lipinski definition) is 2. The number of aromatic hydroxyl groups is 1. The third-order valence-electron chi connectivity index (χ3n) is 3.29. The Labute approximate surface area is 155 Å². The van der Waals surface area contributed by atoms with E-state index in [9.17, 15) is 9.90 Å². The number of hydrogen-bond acceptors (Lipinski definition) is 4. The van der Waals surface area contributed by atoms with Gasteiger partial charge < -0.3 is 10.4 Å². The van der Waals surface area contributed by atoms with Crippen LogP contribution < -0.4 is 5.32 Å². The molecule has 2 N–H and O–H groups in total. The summed E-state index contributed by atoms with van der Waals surface area (Å²) < 4.78 is 0. The summed E-state index contributed by atoms with van der Waals surface area (Å²) in [6.07, 6.45) is 4.64. The van der Waals surface area contributed by atoms with Crippen LogP contribution in [0.4, 0.5) is 0 Å². The van der Waals surface area contributed by atoms with Gasteiger partial charge in [-0.15, -0.1) is 11.8 Å². The number of phenolic OH excluding ortho intramolecular Hbond substituents is 1. The van der Waals surface area contributed by atoms with Crippen molar-refractivity contribution in [3.05, 3.63) is 52.3 Å². The van der Waals surface area contributed by atoms with E-state index in [0.29, 0.717) is 13.0 Å². The second kappa shape index (κ2) is 9.16. The number of amides is 1. The summed E-state index contributed by atoms with van der Waals surface area (Å²) in [4.78, 5) is 16.8. The number of phenols is 1. The largest absolute Gasteiger partial charge is 0.505 e. The maximum atomic E-state index is 12.0. The summed E-state index contributed by atoms with van der Waals surface area (Å²) in [6.45, 7) is 2.55. The number of halogens is 2. The first kappa shape index (κ1) is 18.9. The zero-order valence-electron chi connectivity index (χ0n) is 13.1. The minimum atomic E-state index is -0.121. The Morgan fingerprint density at radius 1 is 1.29 bits per heavy atom. The highest BCUT2D eigenvalue weighted by molar-refractivity contribution is 8.00. The maximum absolute atomic E-state index is 12.0. The van der Waals surface area contributed by atoms with E-state index in [4.69, 9.17) is 23.2 Å². The lowest BCUT2D eigenvalue weighted by Gasteiger charge is -2.12. The normalized spacial score (nSPS) is 12.0. The topological polar surface area (TPSA) is 62.2 Å². The van der Waals surface area contributed by atoms with Gasteiger partial charge in [0, 0.05) is 35.5 Å². The molecule has 0 saturated carbocycles. The van der Waals surface area contributed by atoms with E-state index in [-0.39, 0.29) is 27.0 Å². The number of aromatic nitrogens is 1. The summed E-state index contributed by atoms with van der Waals surface area (Å²) in [5, 5.41) is 12.9. The van der Waals surface area contributed by atoms with Crippen molar-refractivity contribution in [3.8, 4) is 5.75 Å². The number of nitrogens with one attached hydrogen (secondary N) is 1. The fraction of sp³-hybridized carbons (Fsp3) is 0.294. The second-order valence-electron chi connectivity index (χ2n) is 5.32. The van der Waals surface area contributed by atoms with Crippen LogP contribution in [0.5, 0.6) is 5.75 Å². The van der Waals surface area contributed by atoms with E-state index >= 15 is 0 Å². The summed E-state index contributed by atoms with van der Waals surface area (Å²) in [5.74, 6) is -0.121. The van der Waals surface area contributed by atoms with Gasteiger partial charge in [0.2, 0.25) is 5.91 Å². The van der Waals surface area contributed by atoms with Crippen LogP contribution in [-0.4, -0.2) is 27.8 Å². The van der Waals surface area contributed by atoms with Crippen molar-refractivity contribution in [2.45, 2.75) is 29.9 Å². The van der Waals surface area contributed by atoms with Gasteiger partial charge in [0.1, 0.15) is 0 Å². The fourth-order valence-electron chi connectivity index (χ4n) is 2.11. The number of rotatable bonds is 7. The third-order valence-corrected chi connectivity index (χ3v) is 4.94. The van der Waals surface area contributed by atoms with Crippen LogP contribution in [0.3, 0.4) is 0 Å². The molecule has 0 fully saturated rings. The van der Waals surface area contributed by atoms with E-state index in [1.54, 1.807) is 24.5 Å². The number of pyridine rings is 1. The molecule has 0 spiro atoms. The Morgan fingerprint density at radius 2 is 1.92 bits per heavy atom. The molecule has 2 rings (SSSR count). The minimum Gasteiger partial charge on any atom is -0.505 e. The maximum Gasteiger partial charge on any atom is 0.221 e. The molecule has 7 heteroatoms. The molecule has 4 nitrogen and oxygen atoms in total. The Kier molecular flexibility index (Phi) is 7.21. The van der Waals surface area contributed by atoms with Gasteiger partial charge >= 0.3 is 0 Å². The first-order valence-corrected chi connectivity index (χ1v) is 9.09. The zero-order chi connectivity index (χ0) is 17.5. The van der Waals surface area contributed by atoms with Crippen LogP contribution >= 0.6 is 35.0 Å². The van der Waals surface area contributed by atoms with E-state index in [1.807, 2.05) is 19.1 Å². The van der Waals surface area contributed by atoms with E-state index in [1.165, 1.54) is 11.8 Å². The predicted octanol–water partition coefficient (Wildman–Crippen LogP) is 4.32. The van der Waals surface area contributed by atoms with Gasteiger partial charge in [0.25, 0.3) is 0 Å². The molecule has 0 radical (unpaired) electrons. The van der Waals surface area contributed by atoms with Crippen molar-refractivity contribution in [3.63, 3.8) is 0 Å². The third kappa shape index (κ3) is 5.89. The first-order valence-electron chi connectivity index (χ1n) is 7.46. The standard InChI is InChI=1S/C17H18Cl2N2O2S/c1-11(24-13-9-14(18)17(23)15(19)10-13)8-16(22)21-7-4-12-2-5-20-6-3-12/h2-3,5-6,9-11,23H,4,7-8H2,1H3,(H,21,22). The monoisotopic (exact) mass is 384 g/mol. The summed E-state index contributed by atoms with van der Waals surface area (Å²) in [6, 6.07) is 7.16. The van der Waals surface area contributed by atoms with Crippen LogP contribution in [0.15, 0.2) is 41.6 Å². The second-order valence-corrected chi connectivity index (χ2v) is 7.65. The molecule has 1 aromatic carbocycles. The predicted molar refractivity (Wildman–Crippen MR) is 99.0 cm³/mol. The smallest absolute Gasteiger partial charge is 0.221 e. The Hall–Kier alpha value is -1.43. The summed E-state index contributed by atoms with van der Waals surface area (Å²) in [5.41, 5.74) is 1.14. The van der Waals surface area contributed by atoms with Crippen LogP contribution in [0.1, 0.15) is 18.9 Å². The molecule has 1 heterocycles. The van der Waals surface area contributed by atoms with Crippen LogP contribution in [0, 0.1) is 0 Å². The lowest BCUT2D eigenvalue weighted by molar-refractivity contribution is -0.120. The van der Waals surface area contributed by atoms with Crippen LogP contribution in [0.25, 0.3) is 0 Å². The molecule has 0 aliphatic rings. The van der Waals surface area contributed by atoms with Crippen LogP contribution in [0.2, 0.25) is 10.0 Å². The zero-order valence-corrected chi connectivity index (χ0v) is 15.5. The number of carbonyl (C=O) groups excluding carboxylic acids is 1. The fourth-order valence-corrected chi connectivity index (χ4v) is 3.80. The highest BCUT2D eigenvalue weighted by atomic mass is 35.5. The quantitative estimate of drug-likeness (QED) is 0.697. The number of carbonyl (C=O) groups is 1. The Bertz CT molecular complexity index is 675. The molecule has 1 amide bonds. The lowest BCUT2D eigenvalue weighted by Crippen LogP contribution is -2.27. The molecule has 1 unspecified atom stereocenters. The van der Waals surface area contributed by atoms with Gasteiger partial charge in [0.05, 0.1) is 10.0 Å². The molecule has 1 aromatic heterocycles. The van der Waals surface area contributed by atoms with Gasteiger partial charge in [-0.25, -0.2) is 0 Å². The molecular weight excluding hydrogens is 367 g/mol. The van der Waals surface area contributed by atoms with Crippen molar-refractivity contribution in [2.75, 3.05) is 6.54 Å². The molecule has 24 heavy (non-hydrogen) atoms. The Morgan fingerprint density at radius 3 is 2.54 bits per heavy atom. The molecule has 0 aliphatic carbocycles. The van der Waals surface area contributed by atoms with E-state index in [2.05, 4.69) is 10.3 Å². The SMILES string of the molecule is CC(CC(=O)NCCc1ccncc1)Sc1cc(Cl)c(O)c(Cl)c1. The molecule has 1 atom stereocenters. The lowest BCUT2D eigenvalue weighted by atomic mass is 10.2. The number of thioether (sulfide) groups is 1. The van der Waals surface area contributed by atoms with Crippen molar-refractivity contribution in [1.82, 2.24) is 10.3 Å². The summed E-state index contributed by atoms with van der Waals surface area (Å²) >= 11 is 13.3. The molecule has 128 valence electrons. The van der Waals surface area contributed by atoms with Gasteiger partial charge in [-0.05, 0) is 36.2 Å².